The van der Waals surface area contributed by atoms with Crippen molar-refractivity contribution in [2.24, 2.45) is 5.92 Å². The van der Waals surface area contributed by atoms with Crippen LogP contribution in [0.5, 0.6) is 5.75 Å². The lowest BCUT2D eigenvalue weighted by Gasteiger charge is -2.29. The molecule has 2 aliphatic heterocycles. The molecule has 1 aromatic rings. The van der Waals surface area contributed by atoms with Crippen molar-refractivity contribution >= 4 is 17.5 Å². The Morgan fingerprint density at radius 2 is 2.13 bits per heavy atom. The van der Waals surface area contributed by atoms with Crippen molar-refractivity contribution in [2.45, 2.75) is 39.0 Å². The molecule has 1 fully saturated rings. The van der Waals surface area contributed by atoms with E-state index in [1.54, 1.807) is 17.0 Å². The van der Waals surface area contributed by atoms with Crippen LogP contribution >= 0.6 is 0 Å². The molecule has 1 saturated heterocycles. The first-order chi connectivity index (χ1) is 14.5. The molecule has 0 bridgehead atoms. The molecule has 2 atom stereocenters. The topological polar surface area (TPSA) is 75.1 Å². The second-order valence-electron chi connectivity index (χ2n) is 8.36. The molecule has 7 heteroatoms. The maximum absolute atomic E-state index is 12.2. The highest BCUT2D eigenvalue weighted by atomic mass is 16.5. The molecule has 0 spiro atoms. The smallest absolute Gasteiger partial charge is 0.244 e. The number of hydrazine groups is 1. The molecule has 2 amide bonds. The Morgan fingerprint density at radius 1 is 1.33 bits per heavy atom. The van der Waals surface area contributed by atoms with Crippen LogP contribution in [0.2, 0.25) is 0 Å². The number of rotatable bonds is 9. The largest absolute Gasteiger partial charge is 0.497 e. The maximum atomic E-state index is 12.2. The van der Waals surface area contributed by atoms with Crippen LogP contribution in [-0.2, 0) is 9.59 Å². The van der Waals surface area contributed by atoms with Crippen LogP contribution in [0.15, 0.2) is 30.3 Å². The molecule has 2 heterocycles. The number of methoxy groups -OCH3 is 1. The number of nitrogens with one attached hydrogen (secondary N) is 3. The molecule has 7 nitrogen and oxygen atoms in total. The number of nitrogens with zero attached hydrogens (tertiary/aromatic N) is 1. The fourth-order valence-electron chi connectivity index (χ4n) is 4.18. The first-order valence-electron chi connectivity index (χ1n) is 11.1. The molecule has 0 saturated carbocycles. The first-order valence-corrected chi connectivity index (χ1v) is 11.1. The Balaban J connectivity index is 1.37. The van der Waals surface area contributed by atoms with Gasteiger partial charge in [-0.3, -0.25) is 20.0 Å². The molecule has 3 rings (SSSR count). The van der Waals surface area contributed by atoms with Gasteiger partial charge >= 0.3 is 0 Å². The minimum Gasteiger partial charge on any atom is -0.497 e. The van der Waals surface area contributed by atoms with E-state index in [9.17, 15) is 9.59 Å². The third-order valence-electron chi connectivity index (χ3n) is 5.89. The predicted octanol–water partition coefficient (Wildman–Crippen LogP) is 0.984. The Labute approximate surface area is 179 Å². The second kappa shape index (κ2) is 11.0. The number of likely N-dealkylation sites (tertiary alicyclic amines) is 1. The summed E-state index contributed by atoms with van der Waals surface area (Å²) in [5, 5.41) is 4.54. The van der Waals surface area contributed by atoms with Crippen molar-refractivity contribution in [3.8, 4) is 5.75 Å². The molecule has 164 valence electrons. The number of ether oxygens (including phenoxy) is 1. The molecule has 2 unspecified atom stereocenters. The van der Waals surface area contributed by atoms with E-state index in [0.717, 1.165) is 35.9 Å². The number of carbonyl (C=O) groups is 2. The van der Waals surface area contributed by atoms with Crippen LogP contribution in [0.3, 0.4) is 0 Å². The van der Waals surface area contributed by atoms with Crippen LogP contribution in [0, 0.1) is 5.92 Å². The van der Waals surface area contributed by atoms with Gasteiger partial charge in [-0.2, -0.15) is 0 Å². The van der Waals surface area contributed by atoms with Gasteiger partial charge in [0.25, 0.3) is 0 Å². The zero-order valence-electron chi connectivity index (χ0n) is 18.2. The lowest BCUT2D eigenvalue weighted by molar-refractivity contribution is -0.908. The number of hydrogen-bond acceptors (Lipinski definition) is 4. The molecule has 30 heavy (non-hydrogen) atoms. The SMILES string of the molecule is COc1ccc(C2=CCC(=O)N(CCC(=O)NCCC[NH+]3CCCC(C)C3)N2)cc1. The van der Waals surface area contributed by atoms with Crippen LogP contribution in [-0.4, -0.2) is 56.7 Å². The number of amides is 2. The number of quaternary nitrogens is 1. The summed E-state index contributed by atoms with van der Waals surface area (Å²) in [6, 6.07) is 7.67. The summed E-state index contributed by atoms with van der Waals surface area (Å²) in [5.74, 6) is 1.57. The Morgan fingerprint density at radius 3 is 2.87 bits per heavy atom. The summed E-state index contributed by atoms with van der Waals surface area (Å²) < 4.78 is 5.19. The molecule has 2 aliphatic rings. The van der Waals surface area contributed by atoms with Gasteiger partial charge in [0.1, 0.15) is 5.75 Å². The van der Waals surface area contributed by atoms with Crippen molar-refractivity contribution in [1.82, 2.24) is 15.8 Å². The van der Waals surface area contributed by atoms with E-state index in [0.29, 0.717) is 25.9 Å². The van der Waals surface area contributed by atoms with E-state index < -0.39 is 0 Å². The second-order valence-corrected chi connectivity index (χ2v) is 8.36. The molecule has 0 aromatic heterocycles. The minimum atomic E-state index is -0.0251. The molecule has 3 N–H and O–H groups in total. The molecular weight excluding hydrogens is 380 g/mol. The first kappa shape index (κ1) is 22.2. The van der Waals surface area contributed by atoms with E-state index in [-0.39, 0.29) is 11.8 Å². The normalized spacial score (nSPS) is 21.6. The lowest BCUT2D eigenvalue weighted by Crippen LogP contribution is -3.13. The van der Waals surface area contributed by atoms with E-state index >= 15 is 0 Å². The van der Waals surface area contributed by atoms with Gasteiger partial charge in [-0.1, -0.05) is 6.92 Å². The van der Waals surface area contributed by atoms with Crippen molar-refractivity contribution in [3.05, 3.63) is 35.9 Å². The average Bonchev–Trinajstić information content (AvgIpc) is 2.76. The van der Waals surface area contributed by atoms with Gasteiger partial charge in [0.2, 0.25) is 11.8 Å². The fourth-order valence-corrected chi connectivity index (χ4v) is 4.18. The minimum absolute atomic E-state index is 0.00726. The van der Waals surface area contributed by atoms with E-state index in [1.165, 1.54) is 25.9 Å². The van der Waals surface area contributed by atoms with E-state index in [4.69, 9.17) is 4.74 Å². The van der Waals surface area contributed by atoms with Crippen molar-refractivity contribution < 1.29 is 19.2 Å². The Hall–Kier alpha value is -2.54. The molecule has 1 aromatic carbocycles. The van der Waals surface area contributed by atoms with E-state index in [2.05, 4.69) is 17.7 Å². The highest BCUT2D eigenvalue weighted by molar-refractivity contribution is 5.84. The predicted molar refractivity (Wildman–Crippen MR) is 117 cm³/mol. The van der Waals surface area contributed by atoms with Gasteiger partial charge in [-0.05, 0) is 48.7 Å². The number of benzene rings is 1. The van der Waals surface area contributed by atoms with E-state index in [1.807, 2.05) is 30.3 Å². The Bertz CT molecular complexity index is 747. The molecule has 0 aliphatic carbocycles. The zero-order valence-corrected chi connectivity index (χ0v) is 18.2. The van der Waals surface area contributed by atoms with Crippen molar-refractivity contribution in [3.63, 3.8) is 0 Å². The quantitative estimate of drug-likeness (QED) is 0.526. The summed E-state index contributed by atoms with van der Waals surface area (Å²) in [5.41, 5.74) is 5.00. The molecular formula is C23H35N4O3+. The summed E-state index contributed by atoms with van der Waals surface area (Å²) >= 11 is 0. The Kier molecular flexibility index (Phi) is 8.13. The number of piperidine rings is 1. The average molecular weight is 416 g/mol. The third-order valence-corrected chi connectivity index (χ3v) is 5.89. The fraction of sp³-hybridized carbons (Fsp3) is 0.565. The van der Waals surface area contributed by atoms with Crippen LogP contribution < -0.4 is 20.4 Å². The third kappa shape index (κ3) is 6.49. The van der Waals surface area contributed by atoms with Gasteiger partial charge in [0.15, 0.2) is 0 Å². The van der Waals surface area contributed by atoms with Crippen molar-refractivity contribution in [2.75, 3.05) is 39.8 Å². The monoisotopic (exact) mass is 415 g/mol. The van der Waals surface area contributed by atoms with Gasteiger partial charge < -0.3 is 15.0 Å². The highest BCUT2D eigenvalue weighted by Crippen LogP contribution is 2.20. The lowest BCUT2D eigenvalue weighted by atomic mass is 10.0. The highest BCUT2D eigenvalue weighted by Gasteiger charge is 2.21. The summed E-state index contributed by atoms with van der Waals surface area (Å²) in [6.45, 7) is 7.01. The standard InChI is InChI=1S/C23H34N4O3/c1-18-5-3-14-26(17-18)15-4-13-24-22(28)12-16-27-23(29)11-10-21(25-27)19-6-8-20(30-2)9-7-19/h6-10,18,25H,3-5,11-17H2,1-2H3,(H,24,28)/p+1. The van der Waals surface area contributed by atoms with Crippen LogP contribution in [0.1, 0.15) is 44.6 Å². The molecule has 0 radical (unpaired) electrons. The van der Waals surface area contributed by atoms with Crippen molar-refractivity contribution in [1.29, 1.82) is 0 Å². The summed E-state index contributed by atoms with van der Waals surface area (Å²) in [4.78, 5) is 26.1. The maximum Gasteiger partial charge on any atom is 0.244 e. The van der Waals surface area contributed by atoms with Gasteiger partial charge in [-0.15, -0.1) is 0 Å². The number of hydrogen-bond donors (Lipinski definition) is 3. The van der Waals surface area contributed by atoms with Gasteiger partial charge in [-0.25, -0.2) is 0 Å². The van der Waals surface area contributed by atoms with Crippen LogP contribution in [0.25, 0.3) is 5.70 Å². The van der Waals surface area contributed by atoms with Gasteiger partial charge in [0, 0.05) is 31.7 Å². The summed E-state index contributed by atoms with van der Waals surface area (Å²) in [6.07, 6.45) is 6.16. The zero-order chi connectivity index (χ0) is 21.3. The summed E-state index contributed by atoms with van der Waals surface area (Å²) in [7, 11) is 1.63. The van der Waals surface area contributed by atoms with Crippen LogP contribution in [0.4, 0.5) is 0 Å². The number of carbonyl (C=O) groups excluding carboxylic acids is 2. The van der Waals surface area contributed by atoms with Gasteiger partial charge in [0.05, 0.1) is 39.0 Å².